The third kappa shape index (κ3) is 2.56. The first-order valence-electron chi connectivity index (χ1n) is 6.68. The van der Waals surface area contributed by atoms with Gasteiger partial charge in [-0.2, -0.15) is 0 Å². The second-order valence-corrected chi connectivity index (χ2v) is 5.45. The molecule has 1 saturated heterocycles. The Balaban J connectivity index is 2.47. The summed E-state index contributed by atoms with van der Waals surface area (Å²) in [6.45, 7) is 7.47. The van der Waals surface area contributed by atoms with Gasteiger partial charge in [0.1, 0.15) is 0 Å². The van der Waals surface area contributed by atoms with Crippen molar-refractivity contribution >= 4 is 11.6 Å². The molecule has 104 valence electrons. The first kappa shape index (κ1) is 13.8. The molecule has 0 spiro atoms. The topological polar surface area (TPSA) is 85.2 Å². The molecule has 1 fully saturated rings. The molecule has 0 saturated carbocycles. The number of pyridine rings is 1. The van der Waals surface area contributed by atoms with Crippen LogP contribution >= 0.6 is 0 Å². The molecule has 2 unspecified atom stereocenters. The molecule has 1 aromatic heterocycles. The van der Waals surface area contributed by atoms with Gasteiger partial charge in [0.25, 0.3) is 5.91 Å². The Labute approximate surface area is 114 Å². The number of nitrogens with zero attached hydrogens (tertiary/aromatic N) is 2. The lowest BCUT2D eigenvalue weighted by atomic mass is 10.1. The summed E-state index contributed by atoms with van der Waals surface area (Å²) in [5.41, 5.74) is 14.3. The molecule has 1 amide bonds. The number of aryl methyl sites for hydroxylation is 2. The van der Waals surface area contributed by atoms with Gasteiger partial charge in [-0.05, 0) is 45.7 Å². The van der Waals surface area contributed by atoms with Gasteiger partial charge in [0, 0.05) is 18.3 Å². The largest absolute Gasteiger partial charge is 0.368 e. The molecule has 0 bridgehead atoms. The van der Waals surface area contributed by atoms with E-state index in [1.165, 1.54) is 0 Å². The number of hydrogen-bond acceptors (Lipinski definition) is 4. The first-order chi connectivity index (χ1) is 8.93. The molecule has 5 nitrogen and oxygen atoms in total. The Morgan fingerprint density at radius 2 is 2.21 bits per heavy atom. The molecular weight excluding hydrogens is 240 g/mol. The fourth-order valence-electron chi connectivity index (χ4n) is 2.99. The van der Waals surface area contributed by atoms with Gasteiger partial charge in [0.05, 0.1) is 16.9 Å². The average Bonchev–Trinajstić information content (AvgIpc) is 2.68. The smallest absolute Gasteiger partial charge is 0.252 e. The zero-order chi connectivity index (χ0) is 14.2. The predicted octanol–water partition coefficient (Wildman–Crippen LogP) is 0.971. The van der Waals surface area contributed by atoms with E-state index in [0.29, 0.717) is 29.8 Å². The number of nitrogens with two attached hydrogens (primary N) is 2. The highest BCUT2D eigenvalue weighted by molar-refractivity contribution is 5.99. The first-order valence-corrected chi connectivity index (χ1v) is 6.68. The maximum atomic E-state index is 11.7. The van der Waals surface area contributed by atoms with E-state index in [2.05, 4.69) is 16.8 Å². The quantitative estimate of drug-likeness (QED) is 0.850. The number of primary amides is 1. The number of rotatable bonds is 3. The summed E-state index contributed by atoms with van der Waals surface area (Å²) >= 11 is 0. The molecule has 0 aliphatic carbocycles. The molecule has 2 atom stereocenters. The second-order valence-electron chi connectivity index (χ2n) is 5.45. The molecule has 0 radical (unpaired) electrons. The van der Waals surface area contributed by atoms with E-state index >= 15 is 0 Å². The summed E-state index contributed by atoms with van der Waals surface area (Å²) in [7, 11) is 0. The van der Waals surface area contributed by atoms with E-state index in [0.717, 1.165) is 24.3 Å². The van der Waals surface area contributed by atoms with Crippen LogP contribution in [0.4, 0.5) is 5.69 Å². The van der Waals surface area contributed by atoms with Crippen molar-refractivity contribution in [3.8, 4) is 0 Å². The molecule has 4 N–H and O–H groups in total. The van der Waals surface area contributed by atoms with E-state index < -0.39 is 5.91 Å². The van der Waals surface area contributed by atoms with Crippen LogP contribution in [0.3, 0.4) is 0 Å². The number of carbonyl (C=O) groups excluding carboxylic acids is 1. The van der Waals surface area contributed by atoms with Crippen molar-refractivity contribution < 1.29 is 4.79 Å². The van der Waals surface area contributed by atoms with E-state index in [4.69, 9.17) is 11.5 Å². The zero-order valence-corrected chi connectivity index (χ0v) is 11.8. The van der Waals surface area contributed by atoms with Gasteiger partial charge in [-0.3, -0.25) is 9.78 Å². The molecular formula is C14H22N4O. The molecule has 5 heteroatoms. The SMILES string of the molecule is Cc1cc(N2CC(CN)CC2C)c(C(N)=O)c(C)n1. The number of carbonyl (C=O) groups is 1. The Morgan fingerprint density at radius 1 is 1.53 bits per heavy atom. The van der Waals surface area contributed by atoms with Crippen LogP contribution in [0.1, 0.15) is 35.1 Å². The summed E-state index contributed by atoms with van der Waals surface area (Å²) < 4.78 is 0. The van der Waals surface area contributed by atoms with Crippen molar-refractivity contribution in [2.45, 2.75) is 33.2 Å². The zero-order valence-electron chi connectivity index (χ0n) is 11.8. The van der Waals surface area contributed by atoms with Crippen molar-refractivity contribution in [2.24, 2.45) is 17.4 Å². The highest BCUT2D eigenvalue weighted by atomic mass is 16.1. The van der Waals surface area contributed by atoms with Crippen LogP contribution in [0.2, 0.25) is 0 Å². The predicted molar refractivity (Wildman–Crippen MR) is 76.2 cm³/mol. The van der Waals surface area contributed by atoms with E-state index in [-0.39, 0.29) is 0 Å². The van der Waals surface area contributed by atoms with E-state index in [1.807, 2.05) is 19.9 Å². The van der Waals surface area contributed by atoms with Crippen molar-refractivity contribution in [2.75, 3.05) is 18.0 Å². The second kappa shape index (κ2) is 5.17. The third-order valence-electron chi connectivity index (χ3n) is 3.86. The summed E-state index contributed by atoms with van der Waals surface area (Å²) in [6.07, 6.45) is 1.05. The minimum Gasteiger partial charge on any atom is -0.368 e. The summed E-state index contributed by atoms with van der Waals surface area (Å²) in [5, 5.41) is 0. The molecule has 0 aromatic carbocycles. The fraction of sp³-hybridized carbons (Fsp3) is 0.571. The van der Waals surface area contributed by atoms with Crippen molar-refractivity contribution in [3.05, 3.63) is 23.0 Å². The van der Waals surface area contributed by atoms with E-state index in [1.54, 1.807) is 0 Å². The average molecular weight is 262 g/mol. The lowest BCUT2D eigenvalue weighted by molar-refractivity contribution is 0.1000. The lowest BCUT2D eigenvalue weighted by Crippen LogP contribution is -2.31. The molecule has 1 aromatic rings. The minimum atomic E-state index is -0.414. The van der Waals surface area contributed by atoms with Crippen LogP contribution in [0, 0.1) is 19.8 Å². The van der Waals surface area contributed by atoms with Gasteiger partial charge in [-0.1, -0.05) is 0 Å². The van der Waals surface area contributed by atoms with Crippen LogP contribution in [0.15, 0.2) is 6.07 Å². The highest BCUT2D eigenvalue weighted by Gasteiger charge is 2.31. The molecule has 1 aliphatic rings. The summed E-state index contributed by atoms with van der Waals surface area (Å²) in [4.78, 5) is 18.3. The molecule has 2 rings (SSSR count). The van der Waals surface area contributed by atoms with Crippen molar-refractivity contribution in [1.82, 2.24) is 4.98 Å². The highest BCUT2D eigenvalue weighted by Crippen LogP contribution is 2.32. The van der Waals surface area contributed by atoms with Crippen LogP contribution in [-0.4, -0.2) is 30.0 Å². The number of hydrogen-bond donors (Lipinski definition) is 2. The summed E-state index contributed by atoms with van der Waals surface area (Å²) in [5.74, 6) is 0.0629. The van der Waals surface area contributed by atoms with Gasteiger partial charge in [0.15, 0.2) is 0 Å². The Morgan fingerprint density at radius 3 is 2.74 bits per heavy atom. The van der Waals surface area contributed by atoms with Gasteiger partial charge in [-0.25, -0.2) is 0 Å². The van der Waals surface area contributed by atoms with Crippen LogP contribution < -0.4 is 16.4 Å². The van der Waals surface area contributed by atoms with Crippen LogP contribution in [-0.2, 0) is 0 Å². The van der Waals surface area contributed by atoms with Gasteiger partial charge in [0.2, 0.25) is 0 Å². The molecule has 1 aliphatic heterocycles. The number of aromatic nitrogens is 1. The van der Waals surface area contributed by atoms with Gasteiger partial charge < -0.3 is 16.4 Å². The monoisotopic (exact) mass is 262 g/mol. The molecule has 19 heavy (non-hydrogen) atoms. The Bertz CT molecular complexity index is 500. The van der Waals surface area contributed by atoms with Crippen LogP contribution in [0.25, 0.3) is 0 Å². The van der Waals surface area contributed by atoms with Gasteiger partial charge >= 0.3 is 0 Å². The number of amides is 1. The minimum absolute atomic E-state index is 0.368. The number of anilines is 1. The normalized spacial score (nSPS) is 22.8. The van der Waals surface area contributed by atoms with Gasteiger partial charge in [-0.15, -0.1) is 0 Å². The van der Waals surface area contributed by atoms with Crippen LogP contribution in [0.5, 0.6) is 0 Å². The van der Waals surface area contributed by atoms with E-state index in [9.17, 15) is 4.79 Å². The maximum Gasteiger partial charge on any atom is 0.252 e. The standard InChI is InChI=1S/C14H22N4O/c1-8-4-12(13(14(16)19)10(3)17-8)18-7-11(6-15)5-9(18)2/h4,9,11H,5-7,15H2,1-3H3,(H2,16,19). The fourth-order valence-corrected chi connectivity index (χ4v) is 2.99. The Hall–Kier alpha value is -1.62. The van der Waals surface area contributed by atoms with Crippen molar-refractivity contribution in [1.29, 1.82) is 0 Å². The lowest BCUT2D eigenvalue weighted by Gasteiger charge is -2.26. The third-order valence-corrected chi connectivity index (χ3v) is 3.86. The maximum absolute atomic E-state index is 11.7. The molecule has 2 heterocycles. The van der Waals surface area contributed by atoms with Crippen molar-refractivity contribution in [3.63, 3.8) is 0 Å². The Kier molecular flexibility index (Phi) is 3.75. The summed E-state index contributed by atoms with van der Waals surface area (Å²) in [6, 6.07) is 2.32.